The highest BCUT2D eigenvalue weighted by Crippen LogP contribution is 2.31. The fraction of sp³-hybridized carbons (Fsp3) is 0.143. The first-order valence-electron chi connectivity index (χ1n) is 11.7. The van der Waals surface area contributed by atoms with Crippen LogP contribution in [-0.2, 0) is 9.53 Å². The van der Waals surface area contributed by atoms with Crippen molar-refractivity contribution in [3.8, 4) is 11.3 Å². The van der Waals surface area contributed by atoms with Gasteiger partial charge in [-0.3, -0.25) is 9.36 Å². The topological polar surface area (TPSA) is 111 Å². The molecule has 0 unspecified atom stereocenters. The molecule has 38 heavy (non-hydrogen) atoms. The third-order valence-corrected chi connectivity index (χ3v) is 7.54. The molecule has 3 heterocycles. The first-order valence-corrected chi connectivity index (χ1v) is 13.3. The maximum atomic E-state index is 13.7. The van der Waals surface area contributed by atoms with E-state index in [0.717, 1.165) is 10.0 Å². The number of thiazole rings is 1. The molecular weight excluding hydrogens is 572 g/mol. The highest BCUT2D eigenvalue weighted by Gasteiger charge is 2.33. The number of allylic oxidation sites excluding steroid dienone is 1. The van der Waals surface area contributed by atoms with Crippen LogP contribution >= 0.6 is 27.3 Å². The van der Waals surface area contributed by atoms with Gasteiger partial charge in [0, 0.05) is 16.1 Å². The van der Waals surface area contributed by atoms with Gasteiger partial charge in [0.1, 0.15) is 11.5 Å². The molecule has 4 aromatic rings. The van der Waals surface area contributed by atoms with Gasteiger partial charge in [0.05, 0.1) is 34.0 Å². The van der Waals surface area contributed by atoms with E-state index in [4.69, 9.17) is 9.15 Å². The molecule has 0 spiro atoms. The standard InChI is InChI=1S/C28H21BrN2O6S/c1-3-36-27(35)23-15(2)30-28-31(24(23)16-8-10-17(29)11-9-16)25(32)22(38-28)14-18-12-13-21(37-18)19-6-4-5-7-20(19)26(33)34/h4-14,24H,3H2,1-2H3,(H,33,34)/b22-14+/t24-/m0/s1. The molecule has 0 amide bonds. The van der Waals surface area contributed by atoms with Gasteiger partial charge in [-0.1, -0.05) is 57.6 Å². The molecule has 0 aliphatic carbocycles. The number of esters is 1. The number of halogens is 1. The summed E-state index contributed by atoms with van der Waals surface area (Å²) in [6, 6.07) is 16.6. The lowest BCUT2D eigenvalue weighted by Gasteiger charge is -2.24. The summed E-state index contributed by atoms with van der Waals surface area (Å²) in [7, 11) is 0. The van der Waals surface area contributed by atoms with Crippen LogP contribution in [0.1, 0.15) is 41.6 Å². The van der Waals surface area contributed by atoms with Crippen molar-refractivity contribution in [2.24, 2.45) is 4.99 Å². The van der Waals surface area contributed by atoms with Crippen molar-refractivity contribution in [2.75, 3.05) is 6.61 Å². The number of carbonyl (C=O) groups excluding carboxylic acids is 1. The van der Waals surface area contributed by atoms with Gasteiger partial charge in [0.15, 0.2) is 4.80 Å². The molecule has 192 valence electrons. The molecule has 1 aliphatic heterocycles. The van der Waals surface area contributed by atoms with Gasteiger partial charge in [-0.2, -0.15) is 0 Å². The summed E-state index contributed by atoms with van der Waals surface area (Å²) in [6.07, 6.45) is 1.60. The van der Waals surface area contributed by atoms with Crippen LogP contribution in [0, 0.1) is 0 Å². The molecule has 1 atom stereocenters. The Bertz CT molecular complexity index is 1780. The number of hydrogen-bond acceptors (Lipinski definition) is 7. The predicted octanol–water partition coefficient (Wildman–Crippen LogP) is 4.52. The van der Waals surface area contributed by atoms with E-state index in [1.54, 1.807) is 50.3 Å². The van der Waals surface area contributed by atoms with E-state index in [9.17, 15) is 19.5 Å². The smallest absolute Gasteiger partial charge is 0.338 e. The Morgan fingerprint density at radius 2 is 1.89 bits per heavy atom. The molecule has 0 fully saturated rings. The van der Waals surface area contributed by atoms with Crippen molar-refractivity contribution >= 4 is 45.3 Å². The molecule has 2 aromatic heterocycles. The maximum absolute atomic E-state index is 13.7. The number of rotatable bonds is 6. The molecule has 1 N–H and O–H groups in total. The summed E-state index contributed by atoms with van der Waals surface area (Å²) in [4.78, 5) is 43.3. The van der Waals surface area contributed by atoms with Gasteiger partial charge in [-0.25, -0.2) is 14.6 Å². The summed E-state index contributed by atoms with van der Waals surface area (Å²) in [5, 5.41) is 9.51. The van der Waals surface area contributed by atoms with Crippen LogP contribution < -0.4 is 14.9 Å². The van der Waals surface area contributed by atoms with Crippen molar-refractivity contribution < 1.29 is 23.8 Å². The van der Waals surface area contributed by atoms with Crippen LogP contribution in [0.15, 0.2) is 90.6 Å². The van der Waals surface area contributed by atoms with E-state index in [1.807, 2.05) is 24.3 Å². The third kappa shape index (κ3) is 4.68. The minimum absolute atomic E-state index is 0.115. The van der Waals surface area contributed by atoms with Crippen molar-refractivity contribution in [3.63, 3.8) is 0 Å². The van der Waals surface area contributed by atoms with E-state index in [0.29, 0.717) is 37.7 Å². The zero-order valence-corrected chi connectivity index (χ0v) is 22.7. The Hall–Kier alpha value is -4.02. The summed E-state index contributed by atoms with van der Waals surface area (Å²) < 4.78 is 13.9. The molecule has 8 nitrogen and oxygen atoms in total. The molecule has 5 rings (SSSR count). The SMILES string of the molecule is CCOC(=O)C1=C(C)N=c2s/c(=C/c3ccc(-c4ccccc4C(=O)O)o3)c(=O)n2[C@H]1c1ccc(Br)cc1. The number of ether oxygens (including phenoxy) is 1. The second-order valence-electron chi connectivity index (χ2n) is 8.41. The van der Waals surface area contributed by atoms with Gasteiger partial charge in [0.2, 0.25) is 0 Å². The van der Waals surface area contributed by atoms with Gasteiger partial charge < -0.3 is 14.3 Å². The quantitative estimate of drug-likeness (QED) is 0.329. The first kappa shape index (κ1) is 25.6. The highest BCUT2D eigenvalue weighted by atomic mass is 79.9. The number of benzene rings is 2. The minimum atomic E-state index is -1.06. The zero-order valence-electron chi connectivity index (χ0n) is 20.3. The Morgan fingerprint density at radius 1 is 1.16 bits per heavy atom. The monoisotopic (exact) mass is 592 g/mol. The average molecular weight is 593 g/mol. The number of carboxylic acid groups (broad SMARTS) is 1. The second-order valence-corrected chi connectivity index (χ2v) is 10.3. The number of carbonyl (C=O) groups is 2. The predicted molar refractivity (Wildman–Crippen MR) is 146 cm³/mol. The summed E-state index contributed by atoms with van der Waals surface area (Å²) in [5.74, 6) is -0.835. The third-order valence-electron chi connectivity index (χ3n) is 6.03. The largest absolute Gasteiger partial charge is 0.478 e. The van der Waals surface area contributed by atoms with Gasteiger partial charge in [-0.05, 0) is 49.7 Å². The van der Waals surface area contributed by atoms with Crippen molar-refractivity contribution in [3.05, 3.63) is 113 Å². The molecule has 10 heteroatoms. The maximum Gasteiger partial charge on any atom is 0.338 e. The van der Waals surface area contributed by atoms with E-state index < -0.39 is 18.0 Å². The van der Waals surface area contributed by atoms with Crippen LogP contribution in [0.3, 0.4) is 0 Å². The zero-order chi connectivity index (χ0) is 27.0. The Morgan fingerprint density at radius 3 is 2.61 bits per heavy atom. The molecule has 1 aliphatic rings. The molecule has 0 radical (unpaired) electrons. The van der Waals surface area contributed by atoms with Crippen molar-refractivity contribution in [2.45, 2.75) is 19.9 Å². The molecule has 2 aromatic carbocycles. The van der Waals surface area contributed by atoms with E-state index in [1.165, 1.54) is 22.0 Å². The lowest BCUT2D eigenvalue weighted by Crippen LogP contribution is -2.39. The fourth-order valence-corrected chi connectivity index (χ4v) is 5.63. The summed E-state index contributed by atoms with van der Waals surface area (Å²) in [6.45, 7) is 3.65. The van der Waals surface area contributed by atoms with Crippen molar-refractivity contribution in [1.82, 2.24) is 4.57 Å². The van der Waals surface area contributed by atoms with Crippen LogP contribution in [0.2, 0.25) is 0 Å². The highest BCUT2D eigenvalue weighted by molar-refractivity contribution is 9.10. The number of hydrogen-bond donors (Lipinski definition) is 1. The molecular formula is C28H21BrN2O6S. The Kier molecular flexibility index (Phi) is 7.00. The number of nitrogens with zero attached hydrogens (tertiary/aromatic N) is 2. The van der Waals surface area contributed by atoms with Gasteiger partial charge in [0.25, 0.3) is 5.56 Å². The number of aromatic nitrogens is 1. The fourth-order valence-electron chi connectivity index (χ4n) is 4.34. The van der Waals surface area contributed by atoms with Gasteiger partial charge >= 0.3 is 11.9 Å². The minimum Gasteiger partial charge on any atom is -0.478 e. The van der Waals surface area contributed by atoms with E-state index >= 15 is 0 Å². The van der Waals surface area contributed by atoms with E-state index in [2.05, 4.69) is 20.9 Å². The van der Waals surface area contributed by atoms with Gasteiger partial charge in [-0.15, -0.1) is 0 Å². The molecule has 0 saturated heterocycles. The van der Waals surface area contributed by atoms with E-state index in [-0.39, 0.29) is 17.7 Å². The van der Waals surface area contributed by atoms with Crippen LogP contribution in [-0.4, -0.2) is 28.2 Å². The first-order chi connectivity index (χ1) is 18.3. The van der Waals surface area contributed by atoms with Crippen molar-refractivity contribution in [1.29, 1.82) is 0 Å². The van der Waals surface area contributed by atoms with Crippen LogP contribution in [0.5, 0.6) is 0 Å². The number of aromatic carboxylic acids is 1. The molecule has 0 bridgehead atoms. The number of furan rings is 1. The Labute approximate surface area is 229 Å². The number of carboxylic acids is 1. The Balaban J connectivity index is 1.64. The normalized spacial score (nSPS) is 15.2. The number of fused-ring (bicyclic) bond motifs is 1. The second kappa shape index (κ2) is 10.4. The summed E-state index contributed by atoms with van der Waals surface area (Å²) in [5.41, 5.74) is 1.74. The average Bonchev–Trinajstić information content (AvgIpc) is 3.48. The summed E-state index contributed by atoms with van der Waals surface area (Å²) >= 11 is 4.61. The molecule has 0 saturated carbocycles. The van der Waals surface area contributed by atoms with Crippen LogP contribution in [0.4, 0.5) is 0 Å². The lowest BCUT2D eigenvalue weighted by atomic mass is 9.96. The van der Waals surface area contributed by atoms with Crippen LogP contribution in [0.25, 0.3) is 17.4 Å². The lowest BCUT2D eigenvalue weighted by molar-refractivity contribution is -0.139.